The summed E-state index contributed by atoms with van der Waals surface area (Å²) in [6.45, 7) is 0. The number of anilines is 2. The van der Waals surface area contributed by atoms with Crippen molar-refractivity contribution in [2.45, 2.75) is 0 Å². The molecule has 2 rings (SSSR count). The average molecular weight is 324 g/mol. The second kappa shape index (κ2) is 5.34. The van der Waals surface area contributed by atoms with Gasteiger partial charge in [-0.3, -0.25) is 0 Å². The topological polar surface area (TPSA) is 52.8 Å². The van der Waals surface area contributed by atoms with Crippen LogP contribution in [-0.4, -0.2) is 17.0 Å². The fraction of sp³-hybridized carbons (Fsp3) is 0.0833. The van der Waals surface area contributed by atoms with Gasteiger partial charge in [-0.25, -0.2) is 9.97 Å². The Hall–Kier alpha value is -1.64. The maximum atomic E-state index is 8.76. The van der Waals surface area contributed by atoms with Crippen LogP contribution in [0.5, 0.6) is 0 Å². The van der Waals surface area contributed by atoms with E-state index in [1.54, 1.807) is 12.1 Å². The fourth-order valence-corrected chi connectivity index (χ4v) is 2.05. The Morgan fingerprint density at radius 3 is 2.56 bits per heavy atom. The van der Waals surface area contributed by atoms with Crippen molar-refractivity contribution in [3.63, 3.8) is 0 Å². The summed E-state index contributed by atoms with van der Waals surface area (Å²) in [7, 11) is 1.87. The van der Waals surface area contributed by atoms with Gasteiger partial charge < -0.3 is 4.90 Å². The number of hydrogen-bond acceptors (Lipinski definition) is 4. The fourth-order valence-electron chi connectivity index (χ4n) is 1.46. The second-order valence-electron chi connectivity index (χ2n) is 3.52. The molecule has 0 fully saturated rings. The summed E-state index contributed by atoms with van der Waals surface area (Å²) in [6.07, 6.45) is 1.41. The van der Waals surface area contributed by atoms with Crippen molar-refractivity contribution >= 4 is 39.0 Å². The van der Waals surface area contributed by atoms with E-state index < -0.39 is 0 Å². The highest BCUT2D eigenvalue weighted by Gasteiger charge is 2.12. The van der Waals surface area contributed by atoms with Crippen LogP contribution in [0.2, 0.25) is 5.15 Å². The summed E-state index contributed by atoms with van der Waals surface area (Å²) in [5, 5.41) is 9.12. The molecule has 1 aromatic heterocycles. The second-order valence-corrected chi connectivity index (χ2v) is 4.67. The smallest absolute Gasteiger partial charge is 0.152 e. The molecule has 0 saturated carbocycles. The van der Waals surface area contributed by atoms with E-state index >= 15 is 0 Å². The average Bonchev–Trinajstić information content (AvgIpc) is 2.41. The lowest BCUT2D eigenvalue weighted by Crippen LogP contribution is -2.12. The van der Waals surface area contributed by atoms with E-state index in [2.05, 4.69) is 32.0 Å². The van der Waals surface area contributed by atoms with Gasteiger partial charge in [0.2, 0.25) is 0 Å². The van der Waals surface area contributed by atoms with Crippen LogP contribution in [0.25, 0.3) is 0 Å². The molecule has 0 amide bonds. The SMILES string of the molecule is CN(c1ccc(C#N)cc1)c1ncnc(Cl)c1Br. The zero-order valence-corrected chi connectivity index (χ0v) is 11.8. The Bertz CT molecular complexity index is 606. The number of hydrogen-bond donors (Lipinski definition) is 0. The summed E-state index contributed by atoms with van der Waals surface area (Å²) in [5.41, 5.74) is 1.52. The number of nitrogens with zero attached hydrogens (tertiary/aromatic N) is 4. The van der Waals surface area contributed by atoms with E-state index in [4.69, 9.17) is 16.9 Å². The van der Waals surface area contributed by atoms with Crippen molar-refractivity contribution in [2.24, 2.45) is 0 Å². The molecule has 1 aromatic carbocycles. The summed E-state index contributed by atoms with van der Waals surface area (Å²) < 4.78 is 0.638. The van der Waals surface area contributed by atoms with Crippen molar-refractivity contribution in [2.75, 3.05) is 11.9 Å². The van der Waals surface area contributed by atoms with E-state index in [1.165, 1.54) is 6.33 Å². The van der Waals surface area contributed by atoms with Gasteiger partial charge >= 0.3 is 0 Å². The number of aromatic nitrogens is 2. The molecule has 0 atom stereocenters. The highest BCUT2D eigenvalue weighted by atomic mass is 79.9. The first-order valence-electron chi connectivity index (χ1n) is 5.03. The summed E-state index contributed by atoms with van der Waals surface area (Å²) in [4.78, 5) is 9.92. The van der Waals surface area contributed by atoms with Crippen molar-refractivity contribution < 1.29 is 0 Å². The maximum Gasteiger partial charge on any atom is 0.152 e. The lowest BCUT2D eigenvalue weighted by Gasteiger charge is -2.19. The van der Waals surface area contributed by atoms with Gasteiger partial charge in [-0.05, 0) is 40.2 Å². The monoisotopic (exact) mass is 322 g/mol. The Morgan fingerprint density at radius 2 is 1.94 bits per heavy atom. The first-order valence-corrected chi connectivity index (χ1v) is 6.20. The van der Waals surface area contributed by atoms with Crippen molar-refractivity contribution in [3.8, 4) is 6.07 Å². The Kier molecular flexibility index (Phi) is 3.80. The third-order valence-electron chi connectivity index (χ3n) is 2.43. The van der Waals surface area contributed by atoms with Crippen LogP contribution in [0.15, 0.2) is 35.1 Å². The molecule has 0 spiro atoms. The molecule has 0 aliphatic rings. The Morgan fingerprint density at radius 1 is 1.28 bits per heavy atom. The minimum Gasteiger partial charge on any atom is -0.328 e. The molecule has 0 saturated heterocycles. The summed E-state index contributed by atoms with van der Waals surface area (Å²) in [5.74, 6) is 0.666. The summed E-state index contributed by atoms with van der Waals surface area (Å²) >= 11 is 9.28. The molecule has 1 heterocycles. The van der Waals surface area contributed by atoms with E-state index in [1.807, 2.05) is 24.1 Å². The molecule has 4 nitrogen and oxygen atoms in total. The van der Waals surface area contributed by atoms with Crippen LogP contribution in [0.4, 0.5) is 11.5 Å². The van der Waals surface area contributed by atoms with Crippen molar-refractivity contribution in [1.82, 2.24) is 9.97 Å². The molecule has 0 radical (unpaired) electrons. The van der Waals surface area contributed by atoms with Crippen LogP contribution in [0.3, 0.4) is 0 Å². The van der Waals surface area contributed by atoms with E-state index in [0.29, 0.717) is 21.0 Å². The normalized spacial score (nSPS) is 9.89. The highest BCUT2D eigenvalue weighted by Crippen LogP contribution is 2.32. The van der Waals surface area contributed by atoms with Gasteiger partial charge in [-0.2, -0.15) is 5.26 Å². The van der Waals surface area contributed by atoms with Crippen LogP contribution < -0.4 is 4.90 Å². The molecule has 18 heavy (non-hydrogen) atoms. The van der Waals surface area contributed by atoms with Gasteiger partial charge in [0.1, 0.15) is 11.5 Å². The predicted molar refractivity (Wildman–Crippen MR) is 74.0 cm³/mol. The standard InChI is InChI=1S/C12H8BrClN4/c1-18(9-4-2-8(6-15)3-5-9)12-10(13)11(14)16-7-17-12/h2-5,7H,1H3. The zero-order valence-electron chi connectivity index (χ0n) is 9.43. The minimum atomic E-state index is 0.362. The first kappa shape index (κ1) is 12.8. The first-order chi connectivity index (χ1) is 8.63. The van der Waals surface area contributed by atoms with Gasteiger partial charge in [0, 0.05) is 12.7 Å². The lowest BCUT2D eigenvalue weighted by atomic mass is 10.2. The molecule has 0 bridgehead atoms. The third kappa shape index (κ3) is 2.45. The largest absolute Gasteiger partial charge is 0.328 e. The molecule has 2 aromatic rings. The number of halogens is 2. The number of nitriles is 1. The molecule has 0 N–H and O–H groups in total. The van der Waals surface area contributed by atoms with Gasteiger partial charge in [0.15, 0.2) is 5.82 Å². The Labute approximate surface area is 118 Å². The van der Waals surface area contributed by atoms with Crippen molar-refractivity contribution in [3.05, 3.63) is 45.8 Å². The van der Waals surface area contributed by atoms with E-state index in [-0.39, 0.29) is 0 Å². The molecule has 6 heteroatoms. The molecule has 0 aliphatic carbocycles. The third-order valence-corrected chi connectivity index (χ3v) is 3.68. The van der Waals surface area contributed by atoms with Gasteiger partial charge in [0.25, 0.3) is 0 Å². The molecular weight excluding hydrogens is 316 g/mol. The van der Waals surface area contributed by atoms with Crippen LogP contribution in [-0.2, 0) is 0 Å². The molecule has 90 valence electrons. The quantitative estimate of drug-likeness (QED) is 0.793. The Balaban J connectivity index is 2.38. The van der Waals surface area contributed by atoms with Gasteiger partial charge in [-0.1, -0.05) is 11.6 Å². The van der Waals surface area contributed by atoms with E-state index in [0.717, 1.165) is 5.69 Å². The summed E-state index contributed by atoms with van der Waals surface area (Å²) in [6, 6.07) is 9.28. The predicted octanol–water partition coefficient (Wildman–Crippen LogP) is 3.53. The van der Waals surface area contributed by atoms with Gasteiger partial charge in [0.05, 0.1) is 16.1 Å². The minimum absolute atomic E-state index is 0.362. The van der Waals surface area contributed by atoms with Crippen LogP contribution in [0, 0.1) is 11.3 Å². The highest BCUT2D eigenvalue weighted by molar-refractivity contribution is 9.10. The number of rotatable bonds is 2. The lowest BCUT2D eigenvalue weighted by molar-refractivity contribution is 1.07. The van der Waals surface area contributed by atoms with Crippen LogP contribution >= 0.6 is 27.5 Å². The van der Waals surface area contributed by atoms with E-state index in [9.17, 15) is 0 Å². The molecule has 0 aliphatic heterocycles. The number of benzene rings is 1. The molecule has 0 unspecified atom stereocenters. The van der Waals surface area contributed by atoms with Crippen molar-refractivity contribution in [1.29, 1.82) is 5.26 Å². The van der Waals surface area contributed by atoms with Crippen LogP contribution in [0.1, 0.15) is 5.56 Å². The van der Waals surface area contributed by atoms with Gasteiger partial charge in [-0.15, -0.1) is 0 Å². The molecular formula is C12H8BrClN4. The zero-order chi connectivity index (χ0) is 13.1. The maximum absolute atomic E-state index is 8.76.